The van der Waals surface area contributed by atoms with Crippen molar-refractivity contribution in [2.24, 2.45) is 0 Å². The molecule has 90 valence electrons. The Morgan fingerprint density at radius 3 is 2.61 bits per heavy atom. The van der Waals surface area contributed by atoms with Crippen molar-refractivity contribution in [3.63, 3.8) is 0 Å². The molecule has 0 aliphatic rings. The molecule has 2 aromatic rings. The third kappa shape index (κ3) is 2.51. The van der Waals surface area contributed by atoms with Gasteiger partial charge in [0.2, 0.25) is 0 Å². The first kappa shape index (κ1) is 12.2. The van der Waals surface area contributed by atoms with E-state index in [2.05, 4.69) is 9.97 Å². The lowest BCUT2D eigenvalue weighted by molar-refractivity contribution is 0.628. The van der Waals surface area contributed by atoms with E-state index in [1.165, 1.54) is 18.5 Å². The highest BCUT2D eigenvalue weighted by molar-refractivity contribution is 5.61. The molecule has 0 atom stereocenters. The third-order valence-corrected chi connectivity index (χ3v) is 2.60. The minimum absolute atomic E-state index is 0.274. The number of rotatable bonds is 2. The van der Waals surface area contributed by atoms with Crippen molar-refractivity contribution in [1.29, 1.82) is 5.26 Å². The molecule has 3 nitrogen and oxygen atoms in total. The van der Waals surface area contributed by atoms with Gasteiger partial charge in [-0.3, -0.25) is 0 Å². The Hall–Kier alpha value is -2.28. The number of benzene rings is 1. The summed E-state index contributed by atoms with van der Waals surface area (Å²) in [4.78, 5) is 8.28. The van der Waals surface area contributed by atoms with Gasteiger partial charge in [0.25, 0.3) is 0 Å². The molecule has 0 bridgehead atoms. The fourth-order valence-electron chi connectivity index (χ4n) is 1.65. The van der Waals surface area contributed by atoms with Crippen molar-refractivity contribution in [2.45, 2.75) is 19.8 Å². The highest BCUT2D eigenvalue weighted by Gasteiger charge is 2.07. The van der Waals surface area contributed by atoms with Gasteiger partial charge in [-0.15, -0.1) is 0 Å². The Labute approximate surface area is 105 Å². The van der Waals surface area contributed by atoms with Gasteiger partial charge in [-0.05, 0) is 30.2 Å². The topological polar surface area (TPSA) is 49.6 Å². The molecule has 0 saturated carbocycles. The van der Waals surface area contributed by atoms with Gasteiger partial charge >= 0.3 is 0 Å². The molecule has 0 N–H and O–H groups in total. The smallest absolute Gasteiger partial charge is 0.125 e. The first-order valence-corrected chi connectivity index (χ1v) is 5.63. The predicted octanol–water partition coefficient (Wildman–Crippen LogP) is 3.28. The molecule has 0 amide bonds. The van der Waals surface area contributed by atoms with Crippen LogP contribution >= 0.6 is 0 Å². The summed E-state index contributed by atoms with van der Waals surface area (Å²) in [6, 6.07) is 7.94. The van der Waals surface area contributed by atoms with Crippen LogP contribution in [0.1, 0.15) is 31.0 Å². The summed E-state index contributed by atoms with van der Waals surface area (Å²) in [5.74, 6) is -0.162. The molecule has 0 aliphatic heterocycles. The molecule has 18 heavy (non-hydrogen) atoms. The number of aromatic nitrogens is 2. The average molecular weight is 241 g/mol. The van der Waals surface area contributed by atoms with Crippen molar-refractivity contribution in [3.05, 3.63) is 47.7 Å². The number of hydrogen-bond acceptors (Lipinski definition) is 3. The molecule has 0 radical (unpaired) electrons. The highest BCUT2D eigenvalue weighted by Crippen LogP contribution is 2.22. The molecule has 0 spiro atoms. The van der Waals surface area contributed by atoms with E-state index >= 15 is 0 Å². The van der Waals surface area contributed by atoms with Gasteiger partial charge in [0.1, 0.15) is 12.1 Å². The minimum atomic E-state index is -0.436. The van der Waals surface area contributed by atoms with Gasteiger partial charge in [0.15, 0.2) is 0 Å². The van der Waals surface area contributed by atoms with Crippen LogP contribution in [0.2, 0.25) is 0 Å². The van der Waals surface area contributed by atoms with Gasteiger partial charge in [-0.25, -0.2) is 14.4 Å². The second-order valence-electron chi connectivity index (χ2n) is 4.32. The van der Waals surface area contributed by atoms with Gasteiger partial charge in [-0.2, -0.15) is 5.26 Å². The summed E-state index contributed by atoms with van der Waals surface area (Å²) in [6.07, 6.45) is 1.46. The summed E-state index contributed by atoms with van der Waals surface area (Å²) < 4.78 is 13.4. The quantitative estimate of drug-likeness (QED) is 0.810. The van der Waals surface area contributed by atoms with Gasteiger partial charge in [0.05, 0.1) is 17.3 Å². The van der Waals surface area contributed by atoms with Crippen LogP contribution in [0.3, 0.4) is 0 Å². The molecule has 1 heterocycles. The van der Waals surface area contributed by atoms with Crippen molar-refractivity contribution in [3.8, 4) is 17.3 Å². The lowest BCUT2D eigenvalue weighted by Gasteiger charge is -2.06. The van der Waals surface area contributed by atoms with E-state index in [-0.39, 0.29) is 11.5 Å². The van der Waals surface area contributed by atoms with E-state index in [0.29, 0.717) is 11.3 Å². The maximum Gasteiger partial charge on any atom is 0.125 e. The van der Waals surface area contributed by atoms with Crippen LogP contribution in [0.15, 0.2) is 30.6 Å². The molecule has 0 aliphatic carbocycles. The first-order valence-electron chi connectivity index (χ1n) is 5.63. The monoisotopic (exact) mass is 241 g/mol. The number of halogens is 1. The van der Waals surface area contributed by atoms with Crippen molar-refractivity contribution < 1.29 is 4.39 Å². The predicted molar refractivity (Wildman–Crippen MR) is 66.2 cm³/mol. The van der Waals surface area contributed by atoms with Crippen molar-refractivity contribution in [1.82, 2.24) is 9.97 Å². The van der Waals surface area contributed by atoms with Gasteiger partial charge in [-0.1, -0.05) is 13.8 Å². The Bertz CT molecular complexity index is 615. The fraction of sp³-hybridized carbons (Fsp3) is 0.214. The maximum absolute atomic E-state index is 13.4. The van der Waals surface area contributed by atoms with Gasteiger partial charge in [0, 0.05) is 11.3 Å². The molecule has 2 rings (SSSR count). The fourth-order valence-corrected chi connectivity index (χ4v) is 1.65. The largest absolute Gasteiger partial charge is 0.241 e. The van der Waals surface area contributed by atoms with Gasteiger partial charge < -0.3 is 0 Å². The van der Waals surface area contributed by atoms with Crippen LogP contribution in [0.25, 0.3) is 11.3 Å². The SMILES string of the molecule is CC(C)c1cc(-c2cc(F)cc(C#N)c2)ncn1. The van der Waals surface area contributed by atoms with E-state index in [4.69, 9.17) is 5.26 Å². The molecular formula is C14H12FN3. The number of hydrogen-bond donors (Lipinski definition) is 0. The molecular weight excluding hydrogens is 229 g/mol. The molecule has 0 unspecified atom stereocenters. The summed E-state index contributed by atoms with van der Waals surface area (Å²) in [6.45, 7) is 4.05. The molecule has 0 saturated heterocycles. The molecule has 1 aromatic carbocycles. The summed E-state index contributed by atoms with van der Waals surface area (Å²) in [7, 11) is 0. The maximum atomic E-state index is 13.4. The van der Waals surface area contributed by atoms with Crippen molar-refractivity contribution >= 4 is 0 Å². The Morgan fingerprint density at radius 2 is 1.94 bits per heavy atom. The zero-order chi connectivity index (χ0) is 13.1. The zero-order valence-electron chi connectivity index (χ0n) is 10.2. The zero-order valence-corrected chi connectivity index (χ0v) is 10.2. The lowest BCUT2D eigenvalue weighted by Crippen LogP contribution is -1.95. The Kier molecular flexibility index (Phi) is 3.33. The third-order valence-electron chi connectivity index (χ3n) is 2.60. The summed E-state index contributed by atoms with van der Waals surface area (Å²) in [5.41, 5.74) is 2.40. The summed E-state index contributed by atoms with van der Waals surface area (Å²) in [5, 5.41) is 8.83. The van der Waals surface area contributed by atoms with Crippen LogP contribution in [-0.4, -0.2) is 9.97 Å². The second kappa shape index (κ2) is 4.92. The van der Waals surface area contributed by atoms with Crippen LogP contribution < -0.4 is 0 Å². The number of nitrogens with zero attached hydrogens (tertiary/aromatic N) is 3. The van der Waals surface area contributed by atoms with Crippen LogP contribution in [0, 0.1) is 17.1 Å². The van der Waals surface area contributed by atoms with E-state index in [0.717, 1.165) is 5.69 Å². The van der Waals surface area contributed by atoms with Crippen molar-refractivity contribution in [2.75, 3.05) is 0 Å². The molecule has 4 heteroatoms. The normalized spacial score (nSPS) is 10.4. The summed E-state index contributed by atoms with van der Waals surface area (Å²) >= 11 is 0. The Balaban J connectivity index is 2.52. The number of nitriles is 1. The van der Waals surface area contributed by atoms with Crippen LogP contribution in [0.5, 0.6) is 0 Å². The van der Waals surface area contributed by atoms with Crippen LogP contribution in [-0.2, 0) is 0 Å². The first-order chi connectivity index (χ1) is 8.60. The molecule has 1 aromatic heterocycles. The van der Waals surface area contributed by atoms with E-state index in [9.17, 15) is 4.39 Å². The van der Waals surface area contributed by atoms with E-state index in [1.54, 1.807) is 6.07 Å². The Morgan fingerprint density at radius 1 is 1.17 bits per heavy atom. The lowest BCUT2D eigenvalue weighted by atomic mass is 10.0. The van der Waals surface area contributed by atoms with E-state index < -0.39 is 5.82 Å². The van der Waals surface area contributed by atoms with E-state index in [1.807, 2.05) is 26.0 Å². The second-order valence-corrected chi connectivity index (χ2v) is 4.32. The molecule has 0 fully saturated rings. The highest BCUT2D eigenvalue weighted by atomic mass is 19.1. The standard InChI is InChI=1S/C14H12FN3/c1-9(2)13-6-14(18-8-17-13)11-3-10(7-16)4-12(15)5-11/h3-6,8-9H,1-2H3. The van der Waals surface area contributed by atoms with Crippen LogP contribution in [0.4, 0.5) is 4.39 Å². The minimum Gasteiger partial charge on any atom is -0.241 e. The average Bonchev–Trinajstić information content (AvgIpc) is 2.38.